The summed E-state index contributed by atoms with van der Waals surface area (Å²) in [5.41, 5.74) is 1.11. The van der Waals surface area contributed by atoms with Crippen molar-refractivity contribution in [2.45, 2.75) is 40.2 Å². The highest BCUT2D eigenvalue weighted by atomic mass is 35.5. The van der Waals surface area contributed by atoms with E-state index in [1.54, 1.807) is 6.07 Å². The third-order valence-electron chi connectivity index (χ3n) is 3.90. The van der Waals surface area contributed by atoms with Crippen LogP contribution in [0.1, 0.15) is 43.4 Å². The van der Waals surface area contributed by atoms with Crippen molar-refractivity contribution in [2.24, 2.45) is 11.8 Å². The number of likely N-dealkylation sites (tertiary alicyclic amines) is 1. The molecule has 0 saturated carbocycles. The molecule has 1 fully saturated rings. The summed E-state index contributed by atoms with van der Waals surface area (Å²) >= 11 is 5.83. The SMILES string of the molecule is Cc1cc(C(=O)N2CC(C)CC(C)C2C)nc(Cl)n1. The van der Waals surface area contributed by atoms with Gasteiger partial charge in [-0.1, -0.05) is 13.8 Å². The number of piperidine rings is 1. The van der Waals surface area contributed by atoms with E-state index in [0.717, 1.165) is 13.0 Å². The Bertz CT molecular complexity index is 471. The monoisotopic (exact) mass is 281 g/mol. The van der Waals surface area contributed by atoms with Crippen LogP contribution in [-0.4, -0.2) is 33.4 Å². The Hall–Kier alpha value is -1.16. The second kappa shape index (κ2) is 5.45. The van der Waals surface area contributed by atoms with Crippen LogP contribution in [0.5, 0.6) is 0 Å². The van der Waals surface area contributed by atoms with Crippen LogP contribution in [0.3, 0.4) is 0 Å². The van der Waals surface area contributed by atoms with Gasteiger partial charge in [0.05, 0.1) is 0 Å². The number of nitrogens with zero attached hydrogens (tertiary/aromatic N) is 3. The number of hydrogen-bond acceptors (Lipinski definition) is 3. The van der Waals surface area contributed by atoms with Crippen molar-refractivity contribution in [3.05, 3.63) is 22.7 Å². The molecule has 3 unspecified atom stereocenters. The van der Waals surface area contributed by atoms with Gasteiger partial charge < -0.3 is 4.90 Å². The molecule has 0 bridgehead atoms. The Morgan fingerprint density at radius 3 is 2.68 bits per heavy atom. The lowest BCUT2D eigenvalue weighted by molar-refractivity contribution is 0.0449. The molecule has 1 amide bonds. The maximum atomic E-state index is 12.6. The molecule has 0 N–H and O–H groups in total. The average molecular weight is 282 g/mol. The Morgan fingerprint density at radius 2 is 2.05 bits per heavy atom. The lowest BCUT2D eigenvalue weighted by Gasteiger charge is -2.40. The largest absolute Gasteiger partial charge is 0.334 e. The molecule has 1 aliphatic rings. The molecule has 19 heavy (non-hydrogen) atoms. The number of halogens is 1. The number of aryl methyl sites for hydroxylation is 1. The fourth-order valence-electron chi connectivity index (χ4n) is 2.77. The third kappa shape index (κ3) is 3.06. The van der Waals surface area contributed by atoms with Gasteiger partial charge in [-0.2, -0.15) is 0 Å². The van der Waals surface area contributed by atoms with Crippen molar-refractivity contribution < 1.29 is 4.79 Å². The molecule has 3 atom stereocenters. The van der Waals surface area contributed by atoms with Gasteiger partial charge in [-0.05, 0) is 49.8 Å². The summed E-state index contributed by atoms with van der Waals surface area (Å²) in [4.78, 5) is 22.5. The molecule has 0 spiro atoms. The second-order valence-corrected chi connectivity index (χ2v) is 6.02. The maximum absolute atomic E-state index is 12.6. The van der Waals surface area contributed by atoms with Gasteiger partial charge in [0.2, 0.25) is 5.28 Å². The van der Waals surface area contributed by atoms with Crippen LogP contribution in [0.4, 0.5) is 0 Å². The number of rotatable bonds is 1. The van der Waals surface area contributed by atoms with Crippen molar-refractivity contribution >= 4 is 17.5 Å². The molecule has 4 nitrogen and oxygen atoms in total. The number of aromatic nitrogens is 2. The van der Waals surface area contributed by atoms with Crippen molar-refractivity contribution in [1.82, 2.24) is 14.9 Å². The topological polar surface area (TPSA) is 46.1 Å². The van der Waals surface area contributed by atoms with E-state index in [9.17, 15) is 4.79 Å². The zero-order chi connectivity index (χ0) is 14.2. The highest BCUT2D eigenvalue weighted by molar-refractivity contribution is 6.28. The molecular formula is C14H20ClN3O. The third-order valence-corrected chi connectivity index (χ3v) is 4.07. The Balaban J connectivity index is 2.27. The fraction of sp³-hybridized carbons (Fsp3) is 0.643. The van der Waals surface area contributed by atoms with Crippen LogP contribution in [-0.2, 0) is 0 Å². The van der Waals surface area contributed by atoms with Crippen LogP contribution in [0.2, 0.25) is 5.28 Å². The minimum absolute atomic E-state index is 0.0432. The van der Waals surface area contributed by atoms with E-state index >= 15 is 0 Å². The van der Waals surface area contributed by atoms with Gasteiger partial charge in [-0.15, -0.1) is 0 Å². The molecule has 1 aliphatic heterocycles. The standard InChI is InChI=1S/C14H20ClN3O/c1-8-5-9(2)11(4)18(7-8)13(19)12-6-10(3)16-14(15)17-12/h6,8-9,11H,5,7H2,1-4H3. The summed E-state index contributed by atoms with van der Waals surface area (Å²) in [7, 11) is 0. The average Bonchev–Trinajstić information content (AvgIpc) is 2.31. The van der Waals surface area contributed by atoms with Crippen molar-refractivity contribution in [3.63, 3.8) is 0 Å². The summed E-state index contributed by atoms with van der Waals surface area (Å²) in [6.07, 6.45) is 1.16. The Kier molecular flexibility index (Phi) is 4.09. The number of amides is 1. The van der Waals surface area contributed by atoms with Gasteiger partial charge in [0.25, 0.3) is 5.91 Å². The summed E-state index contributed by atoms with van der Waals surface area (Å²) in [5.74, 6) is 0.984. The normalized spacial score (nSPS) is 27.4. The molecule has 104 valence electrons. The molecule has 1 saturated heterocycles. The molecule has 2 heterocycles. The van der Waals surface area contributed by atoms with Gasteiger partial charge in [-0.3, -0.25) is 4.79 Å². The minimum atomic E-state index is -0.0432. The van der Waals surface area contributed by atoms with Crippen molar-refractivity contribution in [2.75, 3.05) is 6.54 Å². The van der Waals surface area contributed by atoms with Gasteiger partial charge in [0.1, 0.15) is 5.69 Å². The van der Waals surface area contributed by atoms with E-state index in [-0.39, 0.29) is 17.2 Å². The first kappa shape index (κ1) is 14.3. The number of hydrogen-bond donors (Lipinski definition) is 0. The van der Waals surface area contributed by atoms with E-state index in [2.05, 4.69) is 30.7 Å². The smallest absolute Gasteiger partial charge is 0.272 e. The number of carbonyl (C=O) groups excluding carboxylic acids is 1. The molecule has 0 radical (unpaired) electrons. The Labute approximate surface area is 119 Å². The quantitative estimate of drug-likeness (QED) is 0.744. The van der Waals surface area contributed by atoms with Crippen LogP contribution in [0.25, 0.3) is 0 Å². The van der Waals surface area contributed by atoms with Crippen molar-refractivity contribution in [3.8, 4) is 0 Å². The lowest BCUT2D eigenvalue weighted by Crippen LogP contribution is -2.49. The van der Waals surface area contributed by atoms with Gasteiger partial charge in [-0.25, -0.2) is 9.97 Å². The minimum Gasteiger partial charge on any atom is -0.334 e. The van der Waals surface area contributed by atoms with Gasteiger partial charge in [0, 0.05) is 18.3 Å². The van der Waals surface area contributed by atoms with E-state index in [1.165, 1.54) is 0 Å². The van der Waals surface area contributed by atoms with Crippen LogP contribution < -0.4 is 0 Å². The Morgan fingerprint density at radius 1 is 1.37 bits per heavy atom. The molecule has 1 aromatic rings. The summed E-state index contributed by atoms with van der Waals surface area (Å²) in [6.45, 7) is 9.07. The van der Waals surface area contributed by atoms with Crippen LogP contribution >= 0.6 is 11.6 Å². The zero-order valence-electron chi connectivity index (χ0n) is 11.9. The van der Waals surface area contributed by atoms with Crippen molar-refractivity contribution in [1.29, 1.82) is 0 Å². The van der Waals surface area contributed by atoms with Crippen LogP contribution in [0, 0.1) is 18.8 Å². The summed E-state index contributed by atoms with van der Waals surface area (Å²) in [5, 5.41) is 0.133. The number of carbonyl (C=O) groups is 1. The summed E-state index contributed by atoms with van der Waals surface area (Å²) in [6, 6.07) is 1.93. The molecule has 5 heteroatoms. The first-order chi connectivity index (χ1) is 8.88. The molecule has 0 aromatic carbocycles. The highest BCUT2D eigenvalue weighted by Crippen LogP contribution is 2.28. The first-order valence-electron chi connectivity index (χ1n) is 6.70. The predicted molar refractivity (Wildman–Crippen MR) is 75.2 cm³/mol. The maximum Gasteiger partial charge on any atom is 0.272 e. The van der Waals surface area contributed by atoms with E-state index in [1.807, 2.05) is 11.8 Å². The second-order valence-electron chi connectivity index (χ2n) is 5.68. The lowest BCUT2D eigenvalue weighted by atomic mass is 9.86. The molecule has 0 aliphatic carbocycles. The van der Waals surface area contributed by atoms with E-state index < -0.39 is 0 Å². The zero-order valence-corrected chi connectivity index (χ0v) is 12.6. The molecular weight excluding hydrogens is 262 g/mol. The fourth-order valence-corrected chi connectivity index (χ4v) is 3.00. The van der Waals surface area contributed by atoms with E-state index in [0.29, 0.717) is 23.2 Å². The first-order valence-corrected chi connectivity index (χ1v) is 7.08. The predicted octanol–water partition coefficient (Wildman–Crippen LogP) is 2.95. The van der Waals surface area contributed by atoms with E-state index in [4.69, 9.17) is 11.6 Å². The molecule has 2 rings (SSSR count). The van der Waals surface area contributed by atoms with Gasteiger partial charge in [0.15, 0.2) is 0 Å². The van der Waals surface area contributed by atoms with Gasteiger partial charge >= 0.3 is 0 Å². The summed E-state index contributed by atoms with van der Waals surface area (Å²) < 4.78 is 0. The van der Waals surface area contributed by atoms with Crippen LogP contribution in [0.15, 0.2) is 6.07 Å². The highest BCUT2D eigenvalue weighted by Gasteiger charge is 2.33. The molecule has 1 aromatic heterocycles.